The molecule has 1 atom stereocenters. The number of amides is 1. The standard InChI is InChI=1S/C15H23ClN4O2/c1-15(2,3)22-14(21)20-7-5-6-11(9-20)19(4)13-8-12(16)17-10-18-13/h8,10-11H,5-7,9H2,1-4H3/t11-/m0/s1. The summed E-state index contributed by atoms with van der Waals surface area (Å²) in [6.07, 6.45) is 3.12. The number of hydrogen-bond acceptors (Lipinski definition) is 5. The van der Waals surface area contributed by atoms with Crippen LogP contribution in [0.2, 0.25) is 5.15 Å². The van der Waals surface area contributed by atoms with Gasteiger partial charge in [-0.05, 0) is 33.6 Å². The number of halogens is 1. The van der Waals surface area contributed by atoms with Crippen LogP contribution in [-0.2, 0) is 4.74 Å². The first-order valence-corrected chi connectivity index (χ1v) is 7.82. The van der Waals surface area contributed by atoms with Crippen LogP contribution in [0.15, 0.2) is 12.4 Å². The molecule has 1 amide bonds. The van der Waals surface area contributed by atoms with E-state index in [1.807, 2.05) is 32.7 Å². The lowest BCUT2D eigenvalue weighted by molar-refractivity contribution is 0.0199. The maximum atomic E-state index is 12.2. The fourth-order valence-corrected chi connectivity index (χ4v) is 2.61. The number of nitrogens with zero attached hydrogens (tertiary/aromatic N) is 4. The van der Waals surface area contributed by atoms with Crippen molar-refractivity contribution in [2.24, 2.45) is 0 Å². The average Bonchev–Trinajstić information content (AvgIpc) is 2.45. The van der Waals surface area contributed by atoms with E-state index >= 15 is 0 Å². The molecule has 0 saturated carbocycles. The number of hydrogen-bond donors (Lipinski definition) is 0. The number of anilines is 1. The Morgan fingerprint density at radius 1 is 1.45 bits per heavy atom. The zero-order valence-corrected chi connectivity index (χ0v) is 14.3. The second-order valence-corrected chi connectivity index (χ2v) is 6.92. The summed E-state index contributed by atoms with van der Waals surface area (Å²) in [4.78, 5) is 24.2. The zero-order valence-electron chi connectivity index (χ0n) is 13.5. The van der Waals surface area contributed by atoms with Crippen molar-refractivity contribution in [1.82, 2.24) is 14.9 Å². The summed E-state index contributed by atoms with van der Waals surface area (Å²) in [6, 6.07) is 1.92. The predicted molar refractivity (Wildman–Crippen MR) is 86.3 cm³/mol. The van der Waals surface area contributed by atoms with Gasteiger partial charge in [-0.15, -0.1) is 0 Å². The Morgan fingerprint density at radius 2 is 2.18 bits per heavy atom. The van der Waals surface area contributed by atoms with Crippen LogP contribution in [0.3, 0.4) is 0 Å². The molecular weight excluding hydrogens is 304 g/mol. The van der Waals surface area contributed by atoms with Crippen LogP contribution >= 0.6 is 11.6 Å². The van der Waals surface area contributed by atoms with Crippen LogP contribution in [0.25, 0.3) is 0 Å². The number of likely N-dealkylation sites (tertiary alicyclic amines) is 1. The molecule has 0 radical (unpaired) electrons. The number of carbonyl (C=O) groups excluding carboxylic acids is 1. The summed E-state index contributed by atoms with van der Waals surface area (Å²) >= 11 is 5.92. The van der Waals surface area contributed by atoms with Gasteiger partial charge in [0, 0.05) is 32.2 Å². The minimum absolute atomic E-state index is 0.187. The fraction of sp³-hybridized carbons (Fsp3) is 0.667. The van der Waals surface area contributed by atoms with Crippen molar-refractivity contribution in [1.29, 1.82) is 0 Å². The zero-order chi connectivity index (χ0) is 16.3. The highest BCUT2D eigenvalue weighted by Gasteiger charge is 2.29. The number of carbonyl (C=O) groups is 1. The van der Waals surface area contributed by atoms with E-state index in [4.69, 9.17) is 16.3 Å². The first-order valence-electron chi connectivity index (χ1n) is 7.44. The molecule has 0 aliphatic carbocycles. The Balaban J connectivity index is 2.02. The van der Waals surface area contributed by atoms with E-state index in [1.165, 1.54) is 6.33 Å². The van der Waals surface area contributed by atoms with Crippen molar-refractivity contribution in [3.8, 4) is 0 Å². The predicted octanol–water partition coefficient (Wildman–Crippen LogP) is 2.97. The first-order chi connectivity index (χ1) is 10.3. The summed E-state index contributed by atoms with van der Waals surface area (Å²) in [5.41, 5.74) is -0.476. The Bertz CT molecular complexity index is 533. The second-order valence-electron chi connectivity index (χ2n) is 6.53. The monoisotopic (exact) mass is 326 g/mol. The molecule has 6 nitrogen and oxygen atoms in total. The van der Waals surface area contributed by atoms with Crippen molar-refractivity contribution in [2.75, 3.05) is 25.0 Å². The first kappa shape index (κ1) is 16.8. The van der Waals surface area contributed by atoms with Gasteiger partial charge in [-0.1, -0.05) is 11.6 Å². The maximum Gasteiger partial charge on any atom is 0.410 e. The van der Waals surface area contributed by atoms with Gasteiger partial charge in [-0.25, -0.2) is 14.8 Å². The van der Waals surface area contributed by atoms with E-state index in [-0.39, 0.29) is 12.1 Å². The molecule has 1 aliphatic heterocycles. The summed E-state index contributed by atoms with van der Waals surface area (Å²) in [5.74, 6) is 0.760. The molecule has 1 fully saturated rings. The third-order valence-corrected chi connectivity index (χ3v) is 3.78. The molecule has 0 unspecified atom stereocenters. The molecule has 0 spiro atoms. The summed E-state index contributed by atoms with van der Waals surface area (Å²) in [7, 11) is 1.96. The lowest BCUT2D eigenvalue weighted by atomic mass is 10.0. The van der Waals surface area contributed by atoms with Gasteiger partial charge in [0.1, 0.15) is 22.9 Å². The minimum Gasteiger partial charge on any atom is -0.444 e. The van der Waals surface area contributed by atoms with E-state index in [0.717, 1.165) is 25.2 Å². The van der Waals surface area contributed by atoms with Crippen LogP contribution in [-0.4, -0.2) is 52.7 Å². The van der Waals surface area contributed by atoms with Gasteiger partial charge in [0.25, 0.3) is 0 Å². The molecule has 2 heterocycles. The molecule has 0 N–H and O–H groups in total. The number of ether oxygens (including phenoxy) is 1. The van der Waals surface area contributed by atoms with Crippen LogP contribution < -0.4 is 4.90 Å². The third-order valence-electron chi connectivity index (χ3n) is 3.58. The second kappa shape index (κ2) is 6.69. The SMILES string of the molecule is CN(c1cc(Cl)ncn1)[C@H]1CCCN(C(=O)OC(C)(C)C)C1. The largest absolute Gasteiger partial charge is 0.444 e. The highest BCUT2D eigenvalue weighted by atomic mass is 35.5. The minimum atomic E-state index is -0.476. The molecule has 1 aromatic heterocycles. The lowest BCUT2D eigenvalue weighted by Gasteiger charge is -2.38. The van der Waals surface area contributed by atoms with Crippen LogP contribution in [0.5, 0.6) is 0 Å². The van der Waals surface area contributed by atoms with E-state index in [1.54, 1.807) is 11.0 Å². The van der Waals surface area contributed by atoms with Gasteiger partial charge >= 0.3 is 6.09 Å². The third kappa shape index (κ3) is 4.47. The topological polar surface area (TPSA) is 58.6 Å². The summed E-state index contributed by atoms with van der Waals surface area (Å²) in [5, 5.41) is 0.414. The molecule has 7 heteroatoms. The van der Waals surface area contributed by atoms with Crippen LogP contribution in [0.4, 0.5) is 10.6 Å². The van der Waals surface area contributed by atoms with E-state index in [9.17, 15) is 4.79 Å². The summed E-state index contributed by atoms with van der Waals surface area (Å²) < 4.78 is 5.45. The van der Waals surface area contributed by atoms with E-state index in [2.05, 4.69) is 9.97 Å². The number of likely N-dealkylation sites (N-methyl/N-ethyl adjacent to an activating group) is 1. The maximum absolute atomic E-state index is 12.2. The Labute approximate surface area is 136 Å². The Kier molecular flexibility index (Phi) is 5.11. The van der Waals surface area contributed by atoms with Crippen LogP contribution in [0, 0.1) is 0 Å². The molecule has 1 aliphatic rings. The molecule has 2 rings (SSSR count). The average molecular weight is 327 g/mol. The van der Waals surface area contributed by atoms with Gasteiger partial charge in [0.2, 0.25) is 0 Å². The van der Waals surface area contributed by atoms with Gasteiger partial charge in [-0.2, -0.15) is 0 Å². The molecule has 22 heavy (non-hydrogen) atoms. The smallest absolute Gasteiger partial charge is 0.410 e. The van der Waals surface area contributed by atoms with Gasteiger partial charge in [-0.3, -0.25) is 0 Å². The normalized spacial score (nSPS) is 19.0. The van der Waals surface area contributed by atoms with Crippen molar-refractivity contribution in [3.63, 3.8) is 0 Å². The van der Waals surface area contributed by atoms with Gasteiger partial charge in [0.15, 0.2) is 0 Å². The fourth-order valence-electron chi connectivity index (χ4n) is 2.47. The molecular formula is C15H23ClN4O2. The van der Waals surface area contributed by atoms with Crippen molar-refractivity contribution < 1.29 is 9.53 Å². The lowest BCUT2D eigenvalue weighted by Crippen LogP contribution is -2.50. The molecule has 122 valence electrons. The van der Waals surface area contributed by atoms with Crippen LogP contribution in [0.1, 0.15) is 33.6 Å². The van der Waals surface area contributed by atoms with Gasteiger partial charge < -0.3 is 14.5 Å². The molecule has 0 bridgehead atoms. The number of piperidine rings is 1. The molecule has 1 saturated heterocycles. The van der Waals surface area contributed by atoms with Crippen molar-refractivity contribution >= 4 is 23.5 Å². The highest BCUT2D eigenvalue weighted by Crippen LogP contribution is 2.22. The molecule has 0 aromatic carbocycles. The number of aromatic nitrogens is 2. The van der Waals surface area contributed by atoms with Gasteiger partial charge in [0.05, 0.1) is 0 Å². The quantitative estimate of drug-likeness (QED) is 0.782. The van der Waals surface area contributed by atoms with E-state index in [0.29, 0.717) is 11.7 Å². The Morgan fingerprint density at radius 3 is 2.82 bits per heavy atom. The number of rotatable bonds is 2. The highest BCUT2D eigenvalue weighted by molar-refractivity contribution is 6.29. The van der Waals surface area contributed by atoms with E-state index < -0.39 is 5.60 Å². The summed E-state index contributed by atoms with van der Waals surface area (Å²) in [6.45, 7) is 6.97. The molecule has 1 aromatic rings. The Hall–Kier alpha value is -1.56. The van der Waals surface area contributed by atoms with Crippen molar-refractivity contribution in [2.45, 2.75) is 45.3 Å². The van der Waals surface area contributed by atoms with Crippen molar-refractivity contribution in [3.05, 3.63) is 17.5 Å².